The fourth-order valence-electron chi connectivity index (χ4n) is 3.28. The predicted molar refractivity (Wildman–Crippen MR) is 108 cm³/mol. The number of amides is 2. The van der Waals surface area contributed by atoms with E-state index < -0.39 is 11.9 Å². The molecule has 1 aromatic rings. The predicted octanol–water partition coefficient (Wildman–Crippen LogP) is 1.51. The van der Waals surface area contributed by atoms with Gasteiger partial charge in [0.25, 0.3) is 0 Å². The number of rotatable bonds is 7. The summed E-state index contributed by atoms with van der Waals surface area (Å²) in [7, 11) is 4.62. The maximum atomic E-state index is 12.7. The molecule has 29 heavy (non-hydrogen) atoms. The number of thiophene rings is 1. The van der Waals surface area contributed by atoms with Gasteiger partial charge in [-0.05, 0) is 38.8 Å². The Labute approximate surface area is 173 Å². The molecule has 1 saturated heterocycles. The van der Waals surface area contributed by atoms with Crippen LogP contribution in [0, 0.1) is 6.92 Å². The summed E-state index contributed by atoms with van der Waals surface area (Å²) in [5, 5.41) is 2.95. The van der Waals surface area contributed by atoms with E-state index in [2.05, 4.69) is 5.32 Å². The molecule has 0 aliphatic carbocycles. The van der Waals surface area contributed by atoms with Crippen molar-refractivity contribution in [3.8, 4) is 0 Å². The van der Waals surface area contributed by atoms with Gasteiger partial charge in [0.15, 0.2) is 0 Å². The van der Waals surface area contributed by atoms with Crippen LogP contribution in [0.4, 0.5) is 5.00 Å². The van der Waals surface area contributed by atoms with E-state index in [1.54, 1.807) is 27.9 Å². The zero-order chi connectivity index (χ0) is 21.7. The van der Waals surface area contributed by atoms with Gasteiger partial charge in [0, 0.05) is 14.1 Å². The van der Waals surface area contributed by atoms with E-state index in [0.29, 0.717) is 18.5 Å². The van der Waals surface area contributed by atoms with Gasteiger partial charge in [0.05, 0.1) is 31.9 Å². The summed E-state index contributed by atoms with van der Waals surface area (Å²) in [6, 6.07) is -0.337. The van der Waals surface area contributed by atoms with Gasteiger partial charge in [-0.2, -0.15) is 0 Å². The highest BCUT2D eigenvalue weighted by atomic mass is 32.1. The Morgan fingerprint density at radius 2 is 1.93 bits per heavy atom. The minimum atomic E-state index is -0.617. The summed E-state index contributed by atoms with van der Waals surface area (Å²) in [4.78, 5) is 52.9. The molecule has 0 aromatic carbocycles. The average Bonchev–Trinajstić information content (AvgIpc) is 3.24. The first-order valence-corrected chi connectivity index (χ1v) is 10.2. The van der Waals surface area contributed by atoms with Crippen LogP contribution in [0.2, 0.25) is 0 Å². The molecular weight excluding hydrogens is 398 g/mol. The lowest BCUT2D eigenvalue weighted by Gasteiger charge is -2.25. The maximum absolute atomic E-state index is 12.7. The first-order valence-electron chi connectivity index (χ1n) is 9.35. The second-order valence-corrected chi connectivity index (χ2v) is 7.90. The summed E-state index contributed by atoms with van der Waals surface area (Å²) in [5.74, 6) is -1.61. The van der Waals surface area contributed by atoms with Crippen molar-refractivity contribution in [1.82, 2.24) is 9.80 Å². The summed E-state index contributed by atoms with van der Waals surface area (Å²) in [5.41, 5.74) is 0.547. The van der Waals surface area contributed by atoms with Crippen molar-refractivity contribution in [2.45, 2.75) is 32.7 Å². The molecule has 1 unspecified atom stereocenters. The van der Waals surface area contributed by atoms with Crippen LogP contribution in [0.1, 0.15) is 45.4 Å². The first kappa shape index (κ1) is 22.8. The molecule has 1 N–H and O–H groups in total. The van der Waals surface area contributed by atoms with Crippen LogP contribution in [0.15, 0.2) is 0 Å². The van der Waals surface area contributed by atoms with Gasteiger partial charge in [-0.3, -0.25) is 14.5 Å². The van der Waals surface area contributed by atoms with Crippen LogP contribution in [0.25, 0.3) is 0 Å². The number of ether oxygens (including phenoxy) is 2. The Bertz CT molecular complexity index is 804. The number of carbonyl (C=O) groups is 4. The number of nitrogens with one attached hydrogen (secondary N) is 1. The van der Waals surface area contributed by atoms with Crippen LogP contribution in [-0.4, -0.2) is 80.5 Å². The van der Waals surface area contributed by atoms with Crippen LogP contribution >= 0.6 is 11.3 Å². The highest BCUT2D eigenvalue weighted by molar-refractivity contribution is 7.18. The molecule has 2 heterocycles. The number of hydrogen-bond donors (Lipinski definition) is 1. The van der Waals surface area contributed by atoms with E-state index in [4.69, 9.17) is 9.47 Å². The minimum Gasteiger partial charge on any atom is -0.465 e. The van der Waals surface area contributed by atoms with Crippen molar-refractivity contribution < 1.29 is 28.7 Å². The average molecular weight is 426 g/mol. The third-order valence-corrected chi connectivity index (χ3v) is 5.87. The van der Waals surface area contributed by atoms with Gasteiger partial charge in [0.1, 0.15) is 9.88 Å². The minimum absolute atomic E-state index is 0.0109. The Balaban J connectivity index is 2.21. The van der Waals surface area contributed by atoms with E-state index in [9.17, 15) is 19.2 Å². The molecule has 0 bridgehead atoms. The van der Waals surface area contributed by atoms with E-state index >= 15 is 0 Å². The van der Waals surface area contributed by atoms with Gasteiger partial charge in [-0.15, -0.1) is 11.3 Å². The van der Waals surface area contributed by atoms with Crippen molar-refractivity contribution in [3.05, 3.63) is 16.0 Å². The third-order valence-electron chi connectivity index (χ3n) is 4.69. The lowest BCUT2D eigenvalue weighted by Crippen LogP contribution is -2.45. The lowest BCUT2D eigenvalue weighted by molar-refractivity contribution is -0.133. The normalized spacial score (nSPS) is 16.4. The number of esters is 2. The standard InChI is InChI=1S/C19H27N3O6S/c1-6-28-18(25)14-11(2)15(19(26)27-5)29-16(14)20-13(23)10-22-9-7-8-12(22)17(24)21(3)4/h12H,6-10H2,1-5H3,(H,20,23). The highest BCUT2D eigenvalue weighted by Gasteiger charge is 2.33. The first-order chi connectivity index (χ1) is 13.7. The van der Waals surface area contributed by atoms with Crippen molar-refractivity contribution >= 4 is 40.1 Å². The van der Waals surface area contributed by atoms with Crippen molar-refractivity contribution in [2.24, 2.45) is 0 Å². The Kier molecular flexibility index (Phi) is 7.74. The zero-order valence-electron chi connectivity index (χ0n) is 17.4. The quantitative estimate of drug-likeness (QED) is 0.660. The third kappa shape index (κ3) is 5.13. The summed E-state index contributed by atoms with van der Waals surface area (Å²) in [6.07, 6.45) is 1.53. The number of methoxy groups -OCH3 is 1. The van der Waals surface area contributed by atoms with Crippen molar-refractivity contribution in [1.29, 1.82) is 0 Å². The number of likely N-dealkylation sites (N-methyl/N-ethyl adjacent to an activating group) is 1. The van der Waals surface area contributed by atoms with Crippen LogP contribution in [0.3, 0.4) is 0 Å². The molecule has 0 radical (unpaired) electrons. The Hall–Kier alpha value is -2.46. The van der Waals surface area contributed by atoms with Crippen LogP contribution in [-0.2, 0) is 19.1 Å². The number of nitrogens with zero attached hydrogens (tertiary/aromatic N) is 2. The molecule has 2 amide bonds. The van der Waals surface area contributed by atoms with Gasteiger partial charge in [0.2, 0.25) is 11.8 Å². The summed E-state index contributed by atoms with van der Waals surface area (Å²) < 4.78 is 9.83. The molecule has 9 nitrogen and oxygen atoms in total. The van der Waals surface area contributed by atoms with Gasteiger partial charge in [-0.25, -0.2) is 9.59 Å². The number of hydrogen-bond acceptors (Lipinski definition) is 8. The molecule has 0 saturated carbocycles. The fourth-order valence-corrected chi connectivity index (χ4v) is 4.41. The topological polar surface area (TPSA) is 105 Å². The lowest BCUT2D eigenvalue weighted by atomic mass is 10.1. The molecule has 2 rings (SSSR count). The molecule has 1 fully saturated rings. The monoisotopic (exact) mass is 425 g/mol. The Morgan fingerprint density at radius 3 is 2.52 bits per heavy atom. The van der Waals surface area contributed by atoms with Gasteiger partial charge < -0.3 is 19.7 Å². The van der Waals surface area contributed by atoms with Crippen molar-refractivity contribution in [2.75, 3.05) is 46.2 Å². The molecule has 1 aliphatic heterocycles. The van der Waals surface area contributed by atoms with Crippen LogP contribution < -0.4 is 5.32 Å². The second kappa shape index (κ2) is 9.84. The van der Waals surface area contributed by atoms with E-state index in [1.807, 2.05) is 4.90 Å². The SMILES string of the molecule is CCOC(=O)c1c(NC(=O)CN2CCCC2C(=O)N(C)C)sc(C(=O)OC)c1C. The largest absolute Gasteiger partial charge is 0.465 e. The molecule has 0 spiro atoms. The van der Waals surface area contributed by atoms with Crippen molar-refractivity contribution in [3.63, 3.8) is 0 Å². The molecular formula is C19H27N3O6S. The van der Waals surface area contributed by atoms with Gasteiger partial charge in [-0.1, -0.05) is 0 Å². The summed E-state index contributed by atoms with van der Waals surface area (Å²) >= 11 is 0.970. The number of carbonyl (C=O) groups excluding carboxylic acids is 4. The molecule has 1 aliphatic rings. The van der Waals surface area contributed by atoms with E-state index in [-0.39, 0.29) is 46.4 Å². The van der Waals surface area contributed by atoms with E-state index in [1.165, 1.54) is 12.0 Å². The molecule has 10 heteroatoms. The van der Waals surface area contributed by atoms with Crippen LogP contribution in [0.5, 0.6) is 0 Å². The second-order valence-electron chi connectivity index (χ2n) is 6.88. The molecule has 1 aromatic heterocycles. The number of likely N-dealkylation sites (tertiary alicyclic amines) is 1. The smallest absolute Gasteiger partial charge is 0.348 e. The number of anilines is 1. The maximum Gasteiger partial charge on any atom is 0.348 e. The Morgan fingerprint density at radius 1 is 1.24 bits per heavy atom. The van der Waals surface area contributed by atoms with Gasteiger partial charge >= 0.3 is 11.9 Å². The highest BCUT2D eigenvalue weighted by Crippen LogP contribution is 2.34. The fraction of sp³-hybridized carbons (Fsp3) is 0.579. The van der Waals surface area contributed by atoms with E-state index in [0.717, 1.165) is 17.8 Å². The summed E-state index contributed by atoms with van der Waals surface area (Å²) in [6.45, 7) is 4.10. The molecule has 1 atom stereocenters. The zero-order valence-corrected chi connectivity index (χ0v) is 18.2. The molecule has 160 valence electrons.